The van der Waals surface area contributed by atoms with Gasteiger partial charge in [0.25, 0.3) is 0 Å². The van der Waals surface area contributed by atoms with Gasteiger partial charge in [0.2, 0.25) is 0 Å². The van der Waals surface area contributed by atoms with E-state index >= 15 is 0 Å². The molecule has 0 unspecified atom stereocenters. The topological polar surface area (TPSA) is 92.7 Å². The zero-order valence-electron chi connectivity index (χ0n) is 20.4. The summed E-state index contributed by atoms with van der Waals surface area (Å²) in [4.78, 5) is 16.4. The lowest BCUT2D eigenvalue weighted by atomic mass is 10.1. The van der Waals surface area contributed by atoms with Gasteiger partial charge in [0.15, 0.2) is 5.82 Å². The highest BCUT2D eigenvalue weighted by Gasteiger charge is 2.26. The smallest absolute Gasteiger partial charge is 0.410 e. The second kappa shape index (κ2) is 9.70. The molecule has 1 atom stereocenters. The molecule has 0 aliphatic carbocycles. The minimum absolute atomic E-state index is 0.00368. The largest absolute Gasteiger partial charge is 0.497 e. The number of rotatable bonds is 5. The van der Waals surface area contributed by atoms with Crippen LogP contribution in [0.3, 0.4) is 0 Å². The summed E-state index contributed by atoms with van der Waals surface area (Å²) < 4.78 is 10.9. The van der Waals surface area contributed by atoms with E-state index in [1.54, 1.807) is 12.0 Å². The molecule has 9 nitrogen and oxygen atoms in total. The van der Waals surface area contributed by atoms with Gasteiger partial charge >= 0.3 is 6.09 Å². The number of aromatic nitrogens is 3. The number of hydrogen-bond donors (Lipinski definition) is 1. The van der Waals surface area contributed by atoms with Crippen molar-refractivity contribution in [2.45, 2.75) is 39.3 Å². The lowest BCUT2D eigenvalue weighted by Crippen LogP contribution is -2.50. The number of fused-ring (bicyclic) bond motifs is 1. The minimum atomic E-state index is -0.494. The lowest BCUT2D eigenvalue weighted by Gasteiger charge is -2.36. The number of piperazine rings is 1. The van der Waals surface area contributed by atoms with E-state index < -0.39 is 5.60 Å². The number of carbonyl (C=O) groups is 1. The maximum Gasteiger partial charge on any atom is 0.410 e. The third kappa shape index (κ3) is 5.47. The van der Waals surface area contributed by atoms with Crippen molar-refractivity contribution < 1.29 is 14.3 Å². The monoisotopic (exact) mass is 464 g/mol. The van der Waals surface area contributed by atoms with Crippen LogP contribution in [-0.2, 0) is 4.74 Å². The Bertz CT molecular complexity index is 1150. The highest BCUT2D eigenvalue weighted by atomic mass is 16.6. The maximum atomic E-state index is 12.4. The molecule has 2 heterocycles. The molecule has 1 aliphatic heterocycles. The van der Waals surface area contributed by atoms with Crippen LogP contribution in [0.25, 0.3) is 10.9 Å². The quantitative estimate of drug-likeness (QED) is 0.599. The molecule has 0 spiro atoms. The third-order valence-corrected chi connectivity index (χ3v) is 5.78. The van der Waals surface area contributed by atoms with Gasteiger partial charge in [0, 0.05) is 37.3 Å². The Balaban J connectivity index is 1.50. The Morgan fingerprint density at radius 1 is 1.06 bits per heavy atom. The van der Waals surface area contributed by atoms with Gasteiger partial charge in [-0.3, -0.25) is 0 Å². The number of nitrogens with one attached hydrogen (secondary N) is 1. The van der Waals surface area contributed by atoms with Crippen LogP contribution < -0.4 is 15.0 Å². The number of methoxy groups -OCH3 is 1. The molecular weight excluding hydrogens is 432 g/mol. The van der Waals surface area contributed by atoms with Crippen molar-refractivity contribution in [3.8, 4) is 5.75 Å². The number of benzene rings is 2. The molecule has 180 valence electrons. The highest BCUT2D eigenvalue weighted by Crippen LogP contribution is 2.29. The van der Waals surface area contributed by atoms with Crippen LogP contribution in [0.1, 0.15) is 39.3 Å². The van der Waals surface area contributed by atoms with E-state index in [0.29, 0.717) is 18.9 Å². The molecule has 4 rings (SSSR count). The van der Waals surface area contributed by atoms with Crippen LogP contribution in [0.2, 0.25) is 0 Å². The summed E-state index contributed by atoms with van der Waals surface area (Å²) >= 11 is 0. The van der Waals surface area contributed by atoms with Crippen LogP contribution in [0, 0.1) is 0 Å². The molecule has 1 fully saturated rings. The number of nitrogens with zero attached hydrogens (tertiary/aromatic N) is 5. The molecule has 1 aromatic heterocycles. The second-order valence-electron chi connectivity index (χ2n) is 9.44. The van der Waals surface area contributed by atoms with Crippen LogP contribution in [0.5, 0.6) is 5.75 Å². The Morgan fingerprint density at radius 2 is 1.82 bits per heavy atom. The number of hydrogen-bond acceptors (Lipinski definition) is 8. The van der Waals surface area contributed by atoms with Crippen molar-refractivity contribution in [2.75, 3.05) is 43.5 Å². The second-order valence-corrected chi connectivity index (χ2v) is 9.44. The first-order valence-corrected chi connectivity index (χ1v) is 11.5. The van der Waals surface area contributed by atoms with E-state index in [2.05, 4.69) is 38.6 Å². The molecule has 0 saturated carbocycles. The van der Waals surface area contributed by atoms with Crippen molar-refractivity contribution in [1.82, 2.24) is 20.3 Å². The lowest BCUT2D eigenvalue weighted by molar-refractivity contribution is 0.0240. The molecule has 1 saturated heterocycles. The van der Waals surface area contributed by atoms with Gasteiger partial charge in [-0.25, -0.2) is 4.79 Å². The standard InChI is InChI=1S/C25H32N6O3/c1-17(18-7-6-8-20(15-18)33-5)26-23-21-16-19(9-10-22(21)27-29-28-23)30-11-13-31(14-12-30)24(32)34-25(2,3)4/h6-10,15-17H,11-14H2,1-5H3,(H,26,27,28)/t17-/m1/s1. The van der Waals surface area contributed by atoms with Crippen molar-refractivity contribution >= 4 is 28.5 Å². The van der Waals surface area contributed by atoms with Gasteiger partial charge in [0.1, 0.15) is 11.4 Å². The van der Waals surface area contributed by atoms with E-state index in [0.717, 1.165) is 41.0 Å². The fourth-order valence-corrected chi connectivity index (χ4v) is 3.95. The first kappa shape index (κ1) is 23.5. The van der Waals surface area contributed by atoms with Gasteiger partial charge in [-0.2, -0.15) is 0 Å². The maximum absolute atomic E-state index is 12.4. The molecule has 34 heavy (non-hydrogen) atoms. The molecule has 9 heteroatoms. The summed E-state index contributed by atoms with van der Waals surface area (Å²) in [6, 6.07) is 14.0. The summed E-state index contributed by atoms with van der Waals surface area (Å²) in [5, 5.41) is 16.8. The van der Waals surface area contributed by atoms with Gasteiger partial charge in [-0.1, -0.05) is 12.1 Å². The number of ether oxygens (including phenoxy) is 2. The van der Waals surface area contributed by atoms with Crippen LogP contribution in [-0.4, -0.2) is 65.3 Å². The summed E-state index contributed by atoms with van der Waals surface area (Å²) in [7, 11) is 1.66. The van der Waals surface area contributed by atoms with Crippen LogP contribution in [0.15, 0.2) is 42.5 Å². The van der Waals surface area contributed by atoms with Gasteiger partial charge in [-0.15, -0.1) is 10.2 Å². The van der Waals surface area contributed by atoms with Crippen molar-refractivity contribution in [3.63, 3.8) is 0 Å². The molecular formula is C25H32N6O3. The van der Waals surface area contributed by atoms with E-state index in [1.165, 1.54) is 0 Å². The van der Waals surface area contributed by atoms with E-state index in [1.807, 2.05) is 57.2 Å². The summed E-state index contributed by atoms with van der Waals surface area (Å²) in [6.45, 7) is 10.4. The normalized spacial score (nSPS) is 15.2. The minimum Gasteiger partial charge on any atom is -0.497 e. The number of amides is 1. The summed E-state index contributed by atoms with van der Waals surface area (Å²) in [6.07, 6.45) is -0.261. The summed E-state index contributed by atoms with van der Waals surface area (Å²) in [5.41, 5.74) is 2.42. The van der Waals surface area contributed by atoms with E-state index in [9.17, 15) is 4.79 Å². The molecule has 1 aliphatic rings. The fraction of sp³-hybridized carbons (Fsp3) is 0.440. The van der Waals surface area contributed by atoms with Crippen LogP contribution in [0.4, 0.5) is 16.3 Å². The number of anilines is 2. The zero-order valence-corrected chi connectivity index (χ0v) is 20.4. The SMILES string of the molecule is COc1cccc([C@@H](C)Nc2nnnc3ccc(N4CCN(C(=O)OC(C)(C)C)CC4)cc23)c1. The van der Waals surface area contributed by atoms with Gasteiger partial charge in [-0.05, 0) is 68.8 Å². The molecule has 0 radical (unpaired) electrons. The Morgan fingerprint density at radius 3 is 2.53 bits per heavy atom. The Kier molecular flexibility index (Phi) is 6.72. The first-order chi connectivity index (χ1) is 16.2. The zero-order chi connectivity index (χ0) is 24.3. The third-order valence-electron chi connectivity index (χ3n) is 5.78. The van der Waals surface area contributed by atoms with E-state index in [4.69, 9.17) is 9.47 Å². The molecule has 1 N–H and O–H groups in total. The van der Waals surface area contributed by atoms with Crippen molar-refractivity contribution in [1.29, 1.82) is 0 Å². The highest BCUT2D eigenvalue weighted by molar-refractivity contribution is 5.91. The predicted molar refractivity (Wildman–Crippen MR) is 132 cm³/mol. The average Bonchev–Trinajstić information content (AvgIpc) is 2.83. The Labute approximate surface area is 200 Å². The number of carbonyl (C=O) groups excluding carboxylic acids is 1. The van der Waals surface area contributed by atoms with Crippen LogP contribution >= 0.6 is 0 Å². The van der Waals surface area contributed by atoms with E-state index in [-0.39, 0.29) is 12.1 Å². The Hall–Kier alpha value is -3.62. The summed E-state index contributed by atoms with van der Waals surface area (Å²) in [5.74, 6) is 1.49. The van der Waals surface area contributed by atoms with Crippen molar-refractivity contribution in [3.05, 3.63) is 48.0 Å². The van der Waals surface area contributed by atoms with Gasteiger partial charge < -0.3 is 24.6 Å². The van der Waals surface area contributed by atoms with Crippen molar-refractivity contribution in [2.24, 2.45) is 0 Å². The molecule has 3 aromatic rings. The fourth-order valence-electron chi connectivity index (χ4n) is 3.95. The van der Waals surface area contributed by atoms with Gasteiger partial charge in [0.05, 0.1) is 18.7 Å². The predicted octanol–water partition coefficient (Wildman–Crippen LogP) is 4.26. The molecule has 0 bridgehead atoms. The average molecular weight is 465 g/mol. The molecule has 2 aromatic carbocycles. The first-order valence-electron chi connectivity index (χ1n) is 11.5. The molecule has 1 amide bonds.